The number of hydrogen-bond donors (Lipinski definition) is 1. The van der Waals surface area contributed by atoms with Gasteiger partial charge in [-0.25, -0.2) is 4.79 Å². The number of nitrogens with zero attached hydrogens (tertiary/aromatic N) is 2. The molecule has 1 saturated carbocycles. The van der Waals surface area contributed by atoms with E-state index in [9.17, 15) is 14.4 Å². The van der Waals surface area contributed by atoms with Crippen LogP contribution in [0.1, 0.15) is 82.8 Å². The predicted octanol–water partition coefficient (Wildman–Crippen LogP) is 6.05. The standard InChI is InChI=1S/C29H37N3O4/c1-19(2)21-12-11-13-22(20(3)4)26(21)30-25(33)18-31-27(34)29(16-9-6-10-17-29)32(28(31)35)23-14-7-8-15-24(23)36-5/h7-8,11-15,19-20H,6,9-10,16-18H2,1-5H3,(H,30,33). The summed E-state index contributed by atoms with van der Waals surface area (Å²) in [5.74, 6) is 0.276. The highest BCUT2D eigenvalue weighted by atomic mass is 16.5. The lowest BCUT2D eigenvalue weighted by Gasteiger charge is -2.38. The van der Waals surface area contributed by atoms with Gasteiger partial charge in [0.15, 0.2) is 0 Å². The molecule has 1 saturated heterocycles. The molecule has 2 aromatic carbocycles. The Morgan fingerprint density at radius 1 is 0.944 bits per heavy atom. The molecule has 0 radical (unpaired) electrons. The van der Waals surface area contributed by atoms with Crippen LogP contribution in [0.3, 0.4) is 0 Å². The summed E-state index contributed by atoms with van der Waals surface area (Å²) in [7, 11) is 1.55. The topological polar surface area (TPSA) is 79.0 Å². The normalized spacial score (nSPS) is 17.4. The number of hydrogen-bond acceptors (Lipinski definition) is 4. The van der Waals surface area contributed by atoms with Gasteiger partial charge in [0.25, 0.3) is 5.91 Å². The lowest BCUT2D eigenvalue weighted by Crippen LogP contribution is -2.51. The third-order valence-electron chi connectivity index (χ3n) is 7.44. The zero-order chi connectivity index (χ0) is 26.0. The Morgan fingerprint density at radius 3 is 2.14 bits per heavy atom. The molecule has 1 aliphatic carbocycles. The fourth-order valence-electron chi connectivity index (χ4n) is 5.62. The number of ether oxygens (including phenoxy) is 1. The number of carbonyl (C=O) groups excluding carboxylic acids is 3. The Bertz CT molecular complexity index is 1120. The van der Waals surface area contributed by atoms with Gasteiger partial charge in [0.05, 0.1) is 12.8 Å². The van der Waals surface area contributed by atoms with Gasteiger partial charge in [-0.1, -0.05) is 77.3 Å². The van der Waals surface area contributed by atoms with Gasteiger partial charge >= 0.3 is 6.03 Å². The predicted molar refractivity (Wildman–Crippen MR) is 142 cm³/mol. The minimum atomic E-state index is -0.983. The van der Waals surface area contributed by atoms with Crippen LogP contribution < -0.4 is 15.0 Å². The maximum atomic E-state index is 13.9. The molecule has 2 fully saturated rings. The molecule has 4 rings (SSSR count). The Hall–Kier alpha value is -3.35. The van der Waals surface area contributed by atoms with Crippen molar-refractivity contribution in [3.63, 3.8) is 0 Å². The number of imide groups is 1. The van der Waals surface area contributed by atoms with Crippen LogP contribution in [0.2, 0.25) is 0 Å². The second-order valence-corrected chi connectivity index (χ2v) is 10.4. The summed E-state index contributed by atoms with van der Waals surface area (Å²) >= 11 is 0. The fourth-order valence-corrected chi connectivity index (χ4v) is 5.62. The van der Waals surface area contributed by atoms with Crippen LogP contribution in [0.25, 0.3) is 0 Å². The molecule has 4 amide bonds. The van der Waals surface area contributed by atoms with Gasteiger partial charge in [0.1, 0.15) is 17.8 Å². The smallest absolute Gasteiger partial charge is 0.332 e. The second kappa shape index (κ2) is 10.3. The number of rotatable bonds is 7. The minimum Gasteiger partial charge on any atom is -0.495 e. The van der Waals surface area contributed by atoms with E-state index in [4.69, 9.17) is 4.74 Å². The molecule has 2 aromatic rings. The highest BCUT2D eigenvalue weighted by molar-refractivity contribution is 6.19. The summed E-state index contributed by atoms with van der Waals surface area (Å²) in [6.45, 7) is 8.01. The molecule has 1 N–H and O–H groups in total. The number of carbonyl (C=O) groups is 3. The van der Waals surface area contributed by atoms with E-state index in [1.54, 1.807) is 24.1 Å². The van der Waals surface area contributed by atoms with Crippen molar-refractivity contribution in [2.24, 2.45) is 0 Å². The monoisotopic (exact) mass is 491 g/mol. The number of para-hydroxylation sites is 3. The van der Waals surface area contributed by atoms with E-state index in [1.165, 1.54) is 0 Å². The molecule has 2 aliphatic rings. The van der Waals surface area contributed by atoms with Crippen molar-refractivity contribution in [2.75, 3.05) is 23.9 Å². The summed E-state index contributed by atoms with van der Waals surface area (Å²) < 4.78 is 5.54. The molecule has 1 heterocycles. The molecular weight excluding hydrogens is 454 g/mol. The van der Waals surface area contributed by atoms with E-state index < -0.39 is 11.6 Å². The highest BCUT2D eigenvalue weighted by Gasteiger charge is 2.58. The first-order chi connectivity index (χ1) is 17.2. The van der Waals surface area contributed by atoms with E-state index in [0.717, 1.165) is 41.0 Å². The first-order valence-electron chi connectivity index (χ1n) is 12.9. The number of anilines is 2. The van der Waals surface area contributed by atoms with E-state index in [1.807, 2.05) is 30.3 Å². The summed E-state index contributed by atoms with van der Waals surface area (Å²) in [6.07, 6.45) is 3.87. The number of amides is 4. The van der Waals surface area contributed by atoms with E-state index in [2.05, 4.69) is 33.0 Å². The van der Waals surface area contributed by atoms with Crippen LogP contribution in [0, 0.1) is 0 Å². The number of urea groups is 1. The quantitative estimate of drug-likeness (QED) is 0.478. The average Bonchev–Trinajstić information content (AvgIpc) is 3.05. The zero-order valence-corrected chi connectivity index (χ0v) is 22.0. The van der Waals surface area contributed by atoms with E-state index in [-0.39, 0.29) is 30.2 Å². The number of nitrogens with one attached hydrogen (secondary N) is 1. The van der Waals surface area contributed by atoms with E-state index in [0.29, 0.717) is 24.3 Å². The van der Waals surface area contributed by atoms with Crippen LogP contribution in [-0.4, -0.2) is 41.9 Å². The van der Waals surface area contributed by atoms with Crippen molar-refractivity contribution in [1.29, 1.82) is 0 Å². The summed E-state index contributed by atoms with van der Waals surface area (Å²) in [5.41, 5.74) is 2.43. The van der Waals surface area contributed by atoms with Crippen molar-refractivity contribution in [3.8, 4) is 5.75 Å². The molecule has 192 valence electrons. The van der Waals surface area contributed by atoms with Gasteiger partial charge in [0.2, 0.25) is 5.91 Å². The van der Waals surface area contributed by atoms with Crippen LogP contribution in [0.5, 0.6) is 5.75 Å². The van der Waals surface area contributed by atoms with Crippen molar-refractivity contribution in [2.45, 2.75) is 77.2 Å². The van der Waals surface area contributed by atoms with Crippen LogP contribution >= 0.6 is 0 Å². The Morgan fingerprint density at radius 2 is 1.56 bits per heavy atom. The van der Waals surface area contributed by atoms with Crippen molar-refractivity contribution in [1.82, 2.24) is 4.90 Å². The molecule has 1 spiro atoms. The Balaban J connectivity index is 1.67. The molecule has 7 nitrogen and oxygen atoms in total. The summed E-state index contributed by atoms with van der Waals surface area (Å²) in [6, 6.07) is 12.8. The largest absolute Gasteiger partial charge is 0.495 e. The lowest BCUT2D eigenvalue weighted by molar-refractivity contribution is -0.134. The molecular formula is C29H37N3O4. The lowest BCUT2D eigenvalue weighted by atomic mass is 9.80. The molecule has 0 aromatic heterocycles. The van der Waals surface area contributed by atoms with Crippen molar-refractivity contribution < 1.29 is 19.1 Å². The van der Waals surface area contributed by atoms with Gasteiger partial charge in [-0.05, 0) is 47.9 Å². The second-order valence-electron chi connectivity index (χ2n) is 10.4. The third-order valence-corrected chi connectivity index (χ3v) is 7.44. The van der Waals surface area contributed by atoms with Gasteiger partial charge in [-0.15, -0.1) is 0 Å². The minimum absolute atomic E-state index is 0.209. The van der Waals surface area contributed by atoms with Crippen LogP contribution in [0.15, 0.2) is 42.5 Å². The molecule has 1 aliphatic heterocycles. The first kappa shape index (κ1) is 25.7. The third kappa shape index (κ3) is 4.47. The van der Waals surface area contributed by atoms with Gasteiger partial charge in [-0.3, -0.25) is 19.4 Å². The Labute approximate surface area is 213 Å². The average molecular weight is 492 g/mol. The number of benzene rings is 2. The Kier molecular flexibility index (Phi) is 7.38. The molecule has 0 unspecified atom stereocenters. The van der Waals surface area contributed by atoms with Crippen molar-refractivity contribution >= 4 is 29.2 Å². The van der Waals surface area contributed by atoms with Gasteiger partial charge < -0.3 is 10.1 Å². The first-order valence-corrected chi connectivity index (χ1v) is 12.9. The summed E-state index contributed by atoms with van der Waals surface area (Å²) in [5, 5.41) is 3.05. The molecule has 7 heteroatoms. The molecule has 36 heavy (non-hydrogen) atoms. The SMILES string of the molecule is COc1ccccc1N1C(=O)N(CC(=O)Nc2c(C(C)C)cccc2C(C)C)C(=O)C12CCCCC2. The zero-order valence-electron chi connectivity index (χ0n) is 22.0. The highest BCUT2D eigenvalue weighted by Crippen LogP contribution is 2.45. The van der Waals surface area contributed by atoms with Gasteiger partial charge in [0, 0.05) is 5.69 Å². The molecule has 0 atom stereocenters. The van der Waals surface area contributed by atoms with Crippen LogP contribution in [-0.2, 0) is 9.59 Å². The fraction of sp³-hybridized carbons (Fsp3) is 0.483. The van der Waals surface area contributed by atoms with Crippen molar-refractivity contribution in [3.05, 3.63) is 53.6 Å². The van der Waals surface area contributed by atoms with E-state index >= 15 is 0 Å². The maximum Gasteiger partial charge on any atom is 0.332 e. The van der Waals surface area contributed by atoms with Crippen LogP contribution in [0.4, 0.5) is 16.2 Å². The summed E-state index contributed by atoms with van der Waals surface area (Å²) in [4.78, 5) is 43.7. The number of methoxy groups -OCH3 is 1. The maximum absolute atomic E-state index is 13.9. The molecule has 0 bridgehead atoms. The van der Waals surface area contributed by atoms with Gasteiger partial charge in [-0.2, -0.15) is 0 Å².